The van der Waals surface area contributed by atoms with Gasteiger partial charge in [-0.1, -0.05) is 70.7 Å². The van der Waals surface area contributed by atoms with Crippen molar-refractivity contribution >= 4 is 8.07 Å². The van der Waals surface area contributed by atoms with Crippen LogP contribution in [0.1, 0.15) is 38.8 Å². The Morgan fingerprint density at radius 3 is 2.18 bits per heavy atom. The Balaban J connectivity index is 2.86. The van der Waals surface area contributed by atoms with Crippen LogP contribution in [0.5, 0.6) is 0 Å². The molecule has 2 N–H and O–H groups in total. The highest BCUT2D eigenvalue weighted by atomic mass is 28.3. The Bertz CT molecular complexity index is 502. The lowest BCUT2D eigenvalue weighted by Crippen LogP contribution is -2.43. The number of aliphatic hydroxyl groups is 1. The van der Waals surface area contributed by atoms with Gasteiger partial charge in [0.05, 0.1) is 12.6 Å². The average Bonchev–Trinajstić information content (AvgIpc) is 2.41. The first-order valence-corrected chi connectivity index (χ1v) is 11.6. The zero-order chi connectivity index (χ0) is 16.8. The molecule has 0 bridgehead atoms. The number of hydrogen-bond acceptors (Lipinski definition) is 2. The molecule has 0 saturated heterocycles. The van der Waals surface area contributed by atoms with Crippen molar-refractivity contribution in [3.63, 3.8) is 0 Å². The summed E-state index contributed by atoms with van der Waals surface area (Å²) >= 11 is 0. The Hall–Kier alpha value is -1.08. The number of aliphatic hydroxyl groups excluding tert-OH is 1. The molecule has 0 aliphatic heterocycles. The van der Waals surface area contributed by atoms with Crippen LogP contribution < -0.4 is 5.32 Å². The lowest BCUT2D eigenvalue weighted by atomic mass is 9.84. The van der Waals surface area contributed by atoms with E-state index in [0.29, 0.717) is 0 Å². The van der Waals surface area contributed by atoms with Crippen molar-refractivity contribution in [3.05, 3.63) is 35.9 Å². The van der Waals surface area contributed by atoms with Gasteiger partial charge in [0.25, 0.3) is 0 Å². The summed E-state index contributed by atoms with van der Waals surface area (Å²) in [5, 5.41) is 13.4. The summed E-state index contributed by atoms with van der Waals surface area (Å²) in [6.45, 7) is 13.6. The van der Waals surface area contributed by atoms with Gasteiger partial charge < -0.3 is 10.4 Å². The van der Waals surface area contributed by atoms with Gasteiger partial charge in [0.2, 0.25) is 0 Å². The Morgan fingerprint density at radius 2 is 1.73 bits per heavy atom. The molecule has 0 fully saturated rings. The van der Waals surface area contributed by atoms with Crippen LogP contribution >= 0.6 is 0 Å². The van der Waals surface area contributed by atoms with Crippen molar-refractivity contribution in [2.24, 2.45) is 5.41 Å². The molecule has 0 saturated carbocycles. The normalized spacial score (nSPS) is 14.9. The lowest BCUT2D eigenvalue weighted by molar-refractivity contribution is 0.191. The highest BCUT2D eigenvalue weighted by Gasteiger charge is 2.26. The van der Waals surface area contributed by atoms with Crippen molar-refractivity contribution in [1.82, 2.24) is 5.32 Å². The molecule has 0 aliphatic carbocycles. The first kappa shape index (κ1) is 19.0. The van der Waals surface area contributed by atoms with Crippen LogP contribution in [0.25, 0.3) is 0 Å². The van der Waals surface area contributed by atoms with Crippen molar-refractivity contribution in [2.45, 2.75) is 58.9 Å². The van der Waals surface area contributed by atoms with Gasteiger partial charge in [-0.15, -0.1) is 11.5 Å². The summed E-state index contributed by atoms with van der Waals surface area (Å²) in [5.41, 5.74) is 4.66. The summed E-state index contributed by atoms with van der Waals surface area (Å²) in [7, 11) is -1.33. The zero-order valence-corrected chi connectivity index (χ0v) is 15.9. The second-order valence-electron chi connectivity index (χ2n) is 7.99. The Kier molecular flexibility index (Phi) is 6.86. The number of nitrogens with one attached hydrogen (secondary N) is 1. The van der Waals surface area contributed by atoms with Gasteiger partial charge in [0.15, 0.2) is 0 Å². The van der Waals surface area contributed by atoms with Crippen LogP contribution in [0.4, 0.5) is 0 Å². The van der Waals surface area contributed by atoms with E-state index in [2.05, 4.69) is 69.3 Å². The van der Waals surface area contributed by atoms with Crippen molar-refractivity contribution in [2.75, 3.05) is 6.61 Å². The van der Waals surface area contributed by atoms with Crippen LogP contribution in [-0.2, 0) is 0 Å². The van der Waals surface area contributed by atoms with E-state index in [0.717, 1.165) is 12.0 Å². The molecule has 1 rings (SSSR count). The van der Waals surface area contributed by atoms with E-state index < -0.39 is 8.07 Å². The van der Waals surface area contributed by atoms with Gasteiger partial charge in [-0.3, -0.25) is 0 Å². The predicted molar refractivity (Wildman–Crippen MR) is 98.4 cm³/mol. The summed E-state index contributed by atoms with van der Waals surface area (Å²) in [6.07, 6.45) is 0.817. The molecule has 0 heterocycles. The first-order chi connectivity index (χ1) is 10.1. The first-order valence-electron chi connectivity index (χ1n) is 8.05. The zero-order valence-electron chi connectivity index (χ0n) is 14.9. The molecule has 0 aliphatic rings. The molecular formula is C19H31NOSi. The standard InChI is InChI=1S/C19H31NOSi/c1-19(2,3)18(13-10-14-22(4,5)6)20-17(15-21)16-11-8-7-9-12-16/h7-9,11-12,17-18,20-21H,13,15H2,1-6H3/t17-,18+/m1/s1. The minimum Gasteiger partial charge on any atom is -0.394 e. The topological polar surface area (TPSA) is 32.3 Å². The molecule has 3 heteroatoms. The largest absolute Gasteiger partial charge is 0.394 e. The third-order valence-corrected chi connectivity index (χ3v) is 4.53. The predicted octanol–water partition coefficient (Wildman–Crippen LogP) is 4.00. The second-order valence-corrected chi connectivity index (χ2v) is 12.7. The lowest BCUT2D eigenvalue weighted by Gasteiger charge is -2.33. The number of hydrogen-bond donors (Lipinski definition) is 2. The molecule has 0 amide bonds. The van der Waals surface area contributed by atoms with Gasteiger partial charge in [-0.2, -0.15) is 0 Å². The Labute approximate surface area is 137 Å². The second kappa shape index (κ2) is 7.96. The van der Waals surface area contributed by atoms with Gasteiger partial charge in [-0.25, -0.2) is 0 Å². The van der Waals surface area contributed by atoms with Crippen LogP contribution in [-0.4, -0.2) is 25.8 Å². The van der Waals surface area contributed by atoms with Crippen molar-refractivity contribution in [1.29, 1.82) is 0 Å². The maximum absolute atomic E-state index is 9.76. The van der Waals surface area contributed by atoms with Crippen LogP contribution in [0.15, 0.2) is 30.3 Å². The van der Waals surface area contributed by atoms with Crippen LogP contribution in [0, 0.1) is 16.9 Å². The summed E-state index contributed by atoms with van der Waals surface area (Å²) < 4.78 is 0. The quantitative estimate of drug-likeness (QED) is 0.635. The van der Waals surface area contributed by atoms with E-state index in [-0.39, 0.29) is 24.1 Å². The highest BCUT2D eigenvalue weighted by molar-refractivity contribution is 6.83. The van der Waals surface area contributed by atoms with E-state index in [1.54, 1.807) is 0 Å². The van der Waals surface area contributed by atoms with E-state index in [1.807, 2.05) is 18.2 Å². The van der Waals surface area contributed by atoms with Gasteiger partial charge in [0, 0.05) is 12.5 Å². The fourth-order valence-corrected chi connectivity index (χ4v) is 2.85. The van der Waals surface area contributed by atoms with E-state index in [4.69, 9.17) is 0 Å². The minimum absolute atomic E-state index is 0.0425. The molecule has 0 radical (unpaired) electrons. The SMILES string of the molecule is CC(C)(C)[C@H](CC#C[Si](C)(C)C)N[C@H](CO)c1ccccc1. The van der Waals surface area contributed by atoms with Crippen molar-refractivity contribution in [3.8, 4) is 11.5 Å². The molecular weight excluding hydrogens is 286 g/mol. The smallest absolute Gasteiger partial charge is 0.129 e. The van der Waals surface area contributed by atoms with Gasteiger partial charge >= 0.3 is 0 Å². The Morgan fingerprint density at radius 1 is 1.14 bits per heavy atom. The summed E-state index contributed by atoms with van der Waals surface area (Å²) in [6, 6.07) is 10.3. The van der Waals surface area contributed by atoms with Crippen LogP contribution in [0.3, 0.4) is 0 Å². The third kappa shape index (κ3) is 6.78. The van der Waals surface area contributed by atoms with E-state index >= 15 is 0 Å². The van der Waals surface area contributed by atoms with Gasteiger partial charge in [0.1, 0.15) is 8.07 Å². The highest BCUT2D eigenvalue weighted by Crippen LogP contribution is 2.25. The summed E-state index contributed by atoms with van der Waals surface area (Å²) in [5.74, 6) is 3.38. The van der Waals surface area contributed by atoms with Crippen molar-refractivity contribution < 1.29 is 5.11 Å². The molecule has 1 aromatic carbocycles. The molecule has 2 nitrogen and oxygen atoms in total. The van der Waals surface area contributed by atoms with Gasteiger partial charge in [-0.05, 0) is 11.0 Å². The van der Waals surface area contributed by atoms with Crippen LogP contribution in [0.2, 0.25) is 19.6 Å². The maximum atomic E-state index is 9.76. The molecule has 0 aromatic heterocycles. The molecule has 2 atom stereocenters. The number of benzene rings is 1. The fraction of sp³-hybridized carbons (Fsp3) is 0.579. The fourth-order valence-electron chi connectivity index (χ4n) is 2.22. The van der Waals surface area contributed by atoms with E-state index in [9.17, 15) is 5.11 Å². The molecule has 1 aromatic rings. The third-order valence-electron chi connectivity index (χ3n) is 3.60. The molecule has 122 valence electrons. The molecule has 0 spiro atoms. The molecule has 22 heavy (non-hydrogen) atoms. The van der Waals surface area contributed by atoms with E-state index in [1.165, 1.54) is 0 Å². The summed E-state index contributed by atoms with van der Waals surface area (Å²) in [4.78, 5) is 0. The number of rotatable bonds is 5. The maximum Gasteiger partial charge on any atom is 0.129 e. The minimum atomic E-state index is -1.33. The monoisotopic (exact) mass is 317 g/mol. The average molecular weight is 318 g/mol. The molecule has 0 unspecified atom stereocenters.